The van der Waals surface area contributed by atoms with E-state index >= 15 is 0 Å². The Morgan fingerprint density at radius 1 is 0.750 bits per heavy atom. The van der Waals surface area contributed by atoms with Gasteiger partial charge >= 0.3 is 0 Å². The van der Waals surface area contributed by atoms with Crippen molar-refractivity contribution in [1.82, 2.24) is 0 Å². The van der Waals surface area contributed by atoms with Gasteiger partial charge in [0.15, 0.2) is 0 Å². The fourth-order valence-electron chi connectivity index (χ4n) is 0. The first-order chi connectivity index (χ1) is 1.00. The Balaban J connectivity index is -0.00000000500. The molecule has 4 heavy (non-hydrogen) atoms. The maximum atomic E-state index is 6.00. The molecule has 22 valence electrons. The second-order valence-electron chi connectivity index (χ2n) is 0. The molecule has 0 unspecified atom stereocenters. The minimum absolute atomic E-state index is 0. The maximum Gasteiger partial charge on any atom is 0 e. The van der Waals surface area contributed by atoms with E-state index in [1.807, 2.05) is 0 Å². The molecule has 0 amide bonds. The van der Waals surface area contributed by atoms with Crippen molar-refractivity contribution in [3.8, 4) is 0 Å². The van der Waals surface area contributed by atoms with Crippen LogP contribution in [0.3, 0.4) is 0 Å². The topological polar surface area (TPSA) is 40.5 Å². The van der Waals surface area contributed by atoms with Crippen molar-refractivity contribution in [3.05, 3.63) is 0 Å². The predicted molar refractivity (Wildman–Crippen MR) is 5.26 cm³/mol. The summed E-state index contributed by atoms with van der Waals surface area (Å²) < 4.78 is 0. The Labute approximate surface area is 88.3 Å². The van der Waals surface area contributed by atoms with Gasteiger partial charge in [0.2, 0.25) is 0 Å². The van der Waals surface area contributed by atoms with Gasteiger partial charge in [0.25, 0.3) is 0 Å². The zero-order valence-corrected chi connectivity index (χ0v) is 10.1. The molecule has 0 spiro atoms. The largest absolute Gasteiger partial charge is 0.255 e. The molecule has 0 saturated heterocycles. The van der Waals surface area contributed by atoms with E-state index in [4.69, 9.17) is 10.5 Å². The molecule has 0 rings (SSSR count). The van der Waals surface area contributed by atoms with Gasteiger partial charge in [0.05, 0.1) is 0 Å². The summed E-state index contributed by atoms with van der Waals surface area (Å²) in [4.78, 5) is 0. The van der Waals surface area contributed by atoms with E-state index in [2.05, 4.69) is 0 Å². The van der Waals surface area contributed by atoms with Gasteiger partial charge < -0.3 is 0 Å². The monoisotopic (exact) mass is 498 g/mol. The molecule has 0 saturated carbocycles. The first kappa shape index (κ1) is 16.0. The molecule has 0 aliphatic rings. The smallest absolute Gasteiger partial charge is 0 e. The second kappa shape index (κ2) is 17.6. The summed E-state index contributed by atoms with van der Waals surface area (Å²) in [5.74, 6) is 0. The van der Waals surface area contributed by atoms with Crippen LogP contribution in [0.1, 0.15) is 0 Å². The van der Waals surface area contributed by atoms with Gasteiger partial charge in [-0.3, -0.25) is 10.5 Å². The van der Waals surface area contributed by atoms with E-state index in [9.17, 15) is 0 Å². The quantitative estimate of drug-likeness (QED) is 0.366. The molecular formula is H2O2Th2. The van der Waals surface area contributed by atoms with Crippen molar-refractivity contribution in [2.24, 2.45) is 0 Å². The molecule has 0 atom stereocenters. The predicted octanol–water partition coefficient (Wildman–Crippen LogP) is 0.0174. The van der Waals surface area contributed by atoms with Crippen molar-refractivity contribution in [3.63, 3.8) is 0 Å². The van der Waals surface area contributed by atoms with Crippen LogP contribution in [0.2, 0.25) is 0 Å². The van der Waals surface area contributed by atoms with Crippen LogP contribution in [0.4, 0.5) is 0 Å². The Morgan fingerprint density at radius 3 is 0.750 bits per heavy atom. The van der Waals surface area contributed by atoms with Crippen LogP contribution in [0.25, 0.3) is 0 Å². The zero-order valence-electron chi connectivity index (χ0n) is 1.89. The molecule has 0 bridgehead atoms. The summed E-state index contributed by atoms with van der Waals surface area (Å²) in [6, 6.07) is 0. The average molecular weight is 498 g/mol. The summed E-state index contributed by atoms with van der Waals surface area (Å²) in [5.41, 5.74) is 0. The number of rotatable bonds is 0. The molecule has 0 aromatic heterocycles. The van der Waals surface area contributed by atoms with Gasteiger partial charge in [0, 0.05) is 79.9 Å². The third-order valence-corrected chi connectivity index (χ3v) is 0. The molecule has 4 heteroatoms. The molecule has 0 aromatic carbocycles. The molecule has 0 aliphatic heterocycles. The van der Waals surface area contributed by atoms with E-state index in [0.717, 1.165) is 0 Å². The minimum Gasteiger partial charge on any atom is -0.255 e. The Morgan fingerprint density at radius 2 is 0.750 bits per heavy atom. The van der Waals surface area contributed by atoms with Gasteiger partial charge in [0.1, 0.15) is 0 Å². The summed E-state index contributed by atoms with van der Waals surface area (Å²) in [7, 11) is 0. The maximum absolute atomic E-state index is 6.00. The van der Waals surface area contributed by atoms with E-state index in [1.54, 1.807) is 0 Å². The van der Waals surface area contributed by atoms with Crippen molar-refractivity contribution >= 4 is 0 Å². The molecule has 0 aromatic rings. The zero-order chi connectivity index (χ0) is 2.00. The molecule has 0 radical (unpaired) electrons. The molecule has 0 aliphatic carbocycles. The van der Waals surface area contributed by atoms with Crippen LogP contribution in [0.5, 0.6) is 0 Å². The van der Waals surface area contributed by atoms with Crippen molar-refractivity contribution in [2.45, 2.75) is 0 Å². The molecule has 2 N–H and O–H groups in total. The third-order valence-electron chi connectivity index (χ3n) is 0. The van der Waals surface area contributed by atoms with E-state index < -0.39 is 0 Å². The van der Waals surface area contributed by atoms with Crippen molar-refractivity contribution in [2.75, 3.05) is 0 Å². The third kappa shape index (κ3) is 8.82. The van der Waals surface area contributed by atoms with Crippen LogP contribution in [-0.2, 0) is 0 Å². The SMILES string of the molecule is OO.[Th].[Th]. The van der Waals surface area contributed by atoms with E-state index in [0.29, 0.717) is 0 Å². The molecular weight excluding hydrogens is 496 g/mol. The fourth-order valence-corrected chi connectivity index (χ4v) is 0. The first-order valence-electron chi connectivity index (χ1n) is 0.200. The van der Waals surface area contributed by atoms with Gasteiger partial charge in [-0.2, -0.15) is 0 Å². The normalized spacial score (nSPS) is 1.50. The van der Waals surface area contributed by atoms with Crippen LogP contribution >= 0.6 is 0 Å². The van der Waals surface area contributed by atoms with E-state index in [-0.39, 0.29) is 79.9 Å². The number of hydrogen-bond donors (Lipinski definition) is 2. The first-order valence-corrected chi connectivity index (χ1v) is 0.200. The van der Waals surface area contributed by atoms with E-state index in [1.165, 1.54) is 0 Å². The van der Waals surface area contributed by atoms with Crippen molar-refractivity contribution in [1.29, 1.82) is 0 Å². The van der Waals surface area contributed by atoms with Crippen LogP contribution in [0, 0.1) is 79.9 Å². The Kier molecular flexibility index (Phi) is 70.4. The average Bonchev–Trinajstić information content (AvgIpc) is 1.00. The molecule has 0 fully saturated rings. The van der Waals surface area contributed by atoms with Crippen LogP contribution in [-0.4, -0.2) is 10.5 Å². The summed E-state index contributed by atoms with van der Waals surface area (Å²) >= 11 is 0. The van der Waals surface area contributed by atoms with Crippen LogP contribution in [0.15, 0.2) is 0 Å². The molecule has 2 nitrogen and oxygen atoms in total. The summed E-state index contributed by atoms with van der Waals surface area (Å²) in [6.45, 7) is 0. The van der Waals surface area contributed by atoms with Crippen LogP contribution < -0.4 is 0 Å². The minimum atomic E-state index is 0. The fraction of sp³-hybridized carbons (Fsp3) is 0. The number of hydrogen-bond acceptors (Lipinski definition) is 2. The Hall–Kier alpha value is 2.57. The van der Waals surface area contributed by atoms with Gasteiger partial charge in [-0.05, 0) is 0 Å². The second-order valence-corrected chi connectivity index (χ2v) is 0. The van der Waals surface area contributed by atoms with Gasteiger partial charge in [-0.15, -0.1) is 0 Å². The summed E-state index contributed by atoms with van der Waals surface area (Å²) in [5, 5.41) is 12.0. The standard InChI is InChI=1S/H2O2.2Th/c1-2;;/h1-2H;;. The Bertz CT molecular complexity index is 4.00. The summed E-state index contributed by atoms with van der Waals surface area (Å²) in [6.07, 6.45) is 0. The van der Waals surface area contributed by atoms with Gasteiger partial charge in [-0.1, -0.05) is 0 Å². The van der Waals surface area contributed by atoms with Gasteiger partial charge in [-0.25, -0.2) is 0 Å². The van der Waals surface area contributed by atoms with Crippen molar-refractivity contribution < 1.29 is 90.4 Å². The molecule has 0 heterocycles.